The molecule has 1 unspecified atom stereocenters. The third-order valence-electron chi connectivity index (χ3n) is 2.90. The highest BCUT2D eigenvalue weighted by Gasteiger charge is 2.27. The molecule has 1 fully saturated rings. The summed E-state index contributed by atoms with van der Waals surface area (Å²) < 4.78 is 25.6. The highest BCUT2D eigenvalue weighted by molar-refractivity contribution is 5.66. The number of hydrogen-bond donors (Lipinski definition) is 1. The van der Waals surface area contributed by atoms with E-state index in [1.165, 1.54) is 0 Å². The van der Waals surface area contributed by atoms with Crippen LogP contribution in [0, 0.1) is 5.92 Å². The van der Waals surface area contributed by atoms with Crippen LogP contribution in [0.25, 0.3) is 0 Å². The second-order valence-electron chi connectivity index (χ2n) is 4.74. The van der Waals surface area contributed by atoms with E-state index < -0.39 is 11.9 Å². The number of halogens is 2. The molecule has 94 valence electrons. The molecule has 1 heterocycles. The van der Waals surface area contributed by atoms with Crippen molar-refractivity contribution in [1.29, 1.82) is 0 Å². The monoisotopic (exact) mass is 235 g/mol. The van der Waals surface area contributed by atoms with Crippen molar-refractivity contribution < 1.29 is 18.7 Å². The van der Waals surface area contributed by atoms with Crippen molar-refractivity contribution in [3.05, 3.63) is 0 Å². The Kier molecular flexibility index (Phi) is 4.65. The molecule has 0 spiro atoms. The molecule has 1 N–H and O–H groups in total. The van der Waals surface area contributed by atoms with Crippen LogP contribution in [-0.2, 0) is 4.79 Å². The molecule has 0 amide bonds. The maximum atomic E-state index is 12.8. The fourth-order valence-electron chi connectivity index (χ4n) is 2.23. The summed E-state index contributed by atoms with van der Waals surface area (Å²) in [5.74, 6) is -3.31. The van der Waals surface area contributed by atoms with Crippen LogP contribution in [0.3, 0.4) is 0 Å². The number of likely N-dealkylation sites (tertiary alicyclic amines) is 1. The first-order valence-corrected chi connectivity index (χ1v) is 5.69. The Bertz CT molecular complexity index is 241. The van der Waals surface area contributed by atoms with Crippen LogP contribution in [0.15, 0.2) is 0 Å². The molecule has 0 radical (unpaired) electrons. The van der Waals surface area contributed by atoms with E-state index >= 15 is 0 Å². The van der Waals surface area contributed by atoms with Crippen LogP contribution in [0.5, 0.6) is 0 Å². The van der Waals surface area contributed by atoms with E-state index in [0.717, 1.165) is 19.8 Å². The predicted octanol–water partition coefficient (Wildman–Crippen LogP) is 2.22. The van der Waals surface area contributed by atoms with Gasteiger partial charge in [-0.05, 0) is 38.3 Å². The molecule has 5 heteroatoms. The molecule has 1 saturated heterocycles. The average Bonchev–Trinajstić information content (AvgIpc) is 2.27. The fourth-order valence-corrected chi connectivity index (χ4v) is 2.23. The summed E-state index contributed by atoms with van der Waals surface area (Å²) in [5.41, 5.74) is 0. The number of hydrogen-bond acceptors (Lipinski definition) is 2. The van der Waals surface area contributed by atoms with Crippen LogP contribution in [0.2, 0.25) is 0 Å². The highest BCUT2D eigenvalue weighted by atomic mass is 19.3. The Labute approximate surface area is 94.4 Å². The first-order chi connectivity index (χ1) is 7.37. The highest BCUT2D eigenvalue weighted by Crippen LogP contribution is 2.23. The Morgan fingerprint density at radius 3 is 2.69 bits per heavy atom. The molecule has 1 aliphatic rings. The van der Waals surface area contributed by atoms with Gasteiger partial charge >= 0.3 is 5.97 Å². The maximum Gasteiger partial charge on any atom is 0.303 e. The van der Waals surface area contributed by atoms with Crippen molar-refractivity contribution >= 4 is 5.97 Å². The van der Waals surface area contributed by atoms with Gasteiger partial charge in [-0.15, -0.1) is 0 Å². The van der Waals surface area contributed by atoms with Crippen LogP contribution in [-0.4, -0.2) is 41.5 Å². The minimum absolute atomic E-state index is 0.146. The van der Waals surface area contributed by atoms with E-state index in [4.69, 9.17) is 5.11 Å². The van der Waals surface area contributed by atoms with Crippen molar-refractivity contribution in [1.82, 2.24) is 4.90 Å². The van der Waals surface area contributed by atoms with Crippen molar-refractivity contribution in [2.24, 2.45) is 5.92 Å². The smallest absolute Gasteiger partial charge is 0.303 e. The standard InChI is InChI=1S/C11H19F2NO2/c1-11(12,13)8-14-5-2-3-9(4-6-14)7-10(15)16/h9H,2-8H2,1H3,(H,15,16). The van der Waals surface area contributed by atoms with E-state index in [1.54, 1.807) is 4.90 Å². The number of alkyl halides is 2. The molecule has 3 nitrogen and oxygen atoms in total. The van der Waals surface area contributed by atoms with Gasteiger partial charge < -0.3 is 5.11 Å². The Hall–Kier alpha value is -0.710. The molecule has 0 aliphatic carbocycles. The van der Waals surface area contributed by atoms with Crippen molar-refractivity contribution in [2.45, 2.75) is 38.5 Å². The average molecular weight is 235 g/mol. The van der Waals surface area contributed by atoms with Gasteiger partial charge in [0.25, 0.3) is 5.92 Å². The predicted molar refractivity (Wildman–Crippen MR) is 56.7 cm³/mol. The summed E-state index contributed by atoms with van der Waals surface area (Å²) in [7, 11) is 0. The lowest BCUT2D eigenvalue weighted by molar-refractivity contribution is -0.138. The van der Waals surface area contributed by atoms with Crippen LogP contribution >= 0.6 is 0 Å². The first-order valence-electron chi connectivity index (χ1n) is 5.69. The summed E-state index contributed by atoms with van der Waals surface area (Å²) in [6.45, 7) is 1.94. The minimum atomic E-state index is -2.66. The molecule has 1 rings (SSSR count). The molecular formula is C11H19F2NO2. The summed E-state index contributed by atoms with van der Waals surface area (Å²) >= 11 is 0. The van der Waals surface area contributed by atoms with E-state index in [0.29, 0.717) is 19.5 Å². The zero-order valence-electron chi connectivity index (χ0n) is 9.59. The van der Waals surface area contributed by atoms with Gasteiger partial charge in [-0.3, -0.25) is 9.69 Å². The molecule has 16 heavy (non-hydrogen) atoms. The molecule has 0 aromatic heterocycles. The maximum absolute atomic E-state index is 12.8. The summed E-state index contributed by atoms with van der Waals surface area (Å²) in [6.07, 6.45) is 2.52. The van der Waals surface area contributed by atoms with Crippen molar-refractivity contribution in [2.75, 3.05) is 19.6 Å². The largest absolute Gasteiger partial charge is 0.481 e. The normalized spacial score (nSPS) is 24.1. The quantitative estimate of drug-likeness (QED) is 0.812. The van der Waals surface area contributed by atoms with Crippen molar-refractivity contribution in [3.63, 3.8) is 0 Å². The molecule has 0 saturated carbocycles. The SMILES string of the molecule is CC(F)(F)CN1CCCC(CC(=O)O)CC1. The minimum Gasteiger partial charge on any atom is -0.481 e. The van der Waals surface area contributed by atoms with E-state index in [2.05, 4.69) is 0 Å². The van der Waals surface area contributed by atoms with Gasteiger partial charge in [0.15, 0.2) is 0 Å². The lowest BCUT2D eigenvalue weighted by Crippen LogP contribution is -2.35. The topological polar surface area (TPSA) is 40.5 Å². The number of carboxylic acids is 1. The first kappa shape index (κ1) is 13.4. The van der Waals surface area contributed by atoms with Gasteiger partial charge in [0.1, 0.15) is 0 Å². The molecule has 0 aromatic rings. The molecule has 1 atom stereocenters. The Balaban J connectivity index is 2.37. The zero-order chi connectivity index (χ0) is 12.2. The second-order valence-corrected chi connectivity index (χ2v) is 4.74. The van der Waals surface area contributed by atoms with Crippen LogP contribution in [0.1, 0.15) is 32.6 Å². The molecular weight excluding hydrogens is 216 g/mol. The number of aliphatic carboxylic acids is 1. The molecule has 0 bridgehead atoms. The van der Waals surface area contributed by atoms with Crippen molar-refractivity contribution in [3.8, 4) is 0 Å². The summed E-state index contributed by atoms with van der Waals surface area (Å²) in [4.78, 5) is 12.3. The fraction of sp³-hybridized carbons (Fsp3) is 0.909. The lowest BCUT2D eigenvalue weighted by atomic mass is 9.97. The van der Waals surface area contributed by atoms with Gasteiger partial charge in [-0.1, -0.05) is 0 Å². The van der Waals surface area contributed by atoms with Crippen LogP contribution < -0.4 is 0 Å². The van der Waals surface area contributed by atoms with Gasteiger partial charge in [0.05, 0.1) is 6.54 Å². The lowest BCUT2D eigenvalue weighted by Gasteiger charge is -2.23. The van der Waals surface area contributed by atoms with Gasteiger partial charge in [-0.25, -0.2) is 8.78 Å². The van der Waals surface area contributed by atoms with Gasteiger partial charge in [0.2, 0.25) is 0 Å². The zero-order valence-corrected chi connectivity index (χ0v) is 9.59. The molecule has 1 aliphatic heterocycles. The van der Waals surface area contributed by atoms with Gasteiger partial charge in [-0.2, -0.15) is 0 Å². The third kappa shape index (κ3) is 5.39. The summed E-state index contributed by atoms with van der Waals surface area (Å²) in [6, 6.07) is 0. The van der Waals surface area contributed by atoms with E-state index in [-0.39, 0.29) is 18.9 Å². The number of rotatable bonds is 4. The number of nitrogens with zero attached hydrogens (tertiary/aromatic N) is 1. The molecule has 0 aromatic carbocycles. The number of carbonyl (C=O) groups is 1. The van der Waals surface area contributed by atoms with E-state index in [9.17, 15) is 13.6 Å². The van der Waals surface area contributed by atoms with Crippen LogP contribution in [0.4, 0.5) is 8.78 Å². The van der Waals surface area contributed by atoms with Gasteiger partial charge in [0, 0.05) is 13.3 Å². The number of carboxylic acid groups (broad SMARTS) is 1. The Morgan fingerprint density at radius 2 is 2.12 bits per heavy atom. The second kappa shape index (κ2) is 5.57. The summed E-state index contributed by atoms with van der Waals surface area (Å²) in [5, 5.41) is 8.68. The van der Waals surface area contributed by atoms with E-state index in [1.807, 2.05) is 0 Å². The third-order valence-corrected chi connectivity index (χ3v) is 2.90. The Morgan fingerprint density at radius 1 is 1.44 bits per heavy atom.